The molecule has 4 nitrogen and oxygen atoms in total. The Morgan fingerprint density at radius 3 is 2.79 bits per heavy atom. The summed E-state index contributed by atoms with van der Waals surface area (Å²) in [5, 5.41) is 13.4. The summed E-state index contributed by atoms with van der Waals surface area (Å²) < 4.78 is 1.77. The molecule has 0 saturated carbocycles. The second-order valence-corrected chi connectivity index (χ2v) is 3.51. The number of hydrogen-bond donors (Lipinski definition) is 0. The van der Waals surface area contributed by atoms with Crippen molar-refractivity contribution in [2.24, 2.45) is 0 Å². The van der Waals surface area contributed by atoms with E-state index in [1.165, 1.54) is 6.42 Å². The van der Waals surface area contributed by atoms with Crippen LogP contribution in [0.15, 0.2) is 0 Å². The van der Waals surface area contributed by atoms with Crippen LogP contribution in [0.5, 0.6) is 0 Å². The molecule has 0 aliphatic rings. The second-order valence-electron chi connectivity index (χ2n) is 3.51. The van der Waals surface area contributed by atoms with Gasteiger partial charge in [-0.2, -0.15) is 9.61 Å². The van der Waals surface area contributed by atoms with Crippen molar-refractivity contribution in [1.29, 1.82) is 0 Å². The van der Waals surface area contributed by atoms with Crippen LogP contribution in [0.2, 0.25) is 0 Å². The Labute approximate surface area is 82.6 Å². The summed E-state index contributed by atoms with van der Waals surface area (Å²) in [4.78, 5) is 0. The molecular formula is C10H14N4. The third-order valence-electron chi connectivity index (χ3n) is 2.40. The summed E-state index contributed by atoms with van der Waals surface area (Å²) >= 11 is 0. The van der Waals surface area contributed by atoms with Crippen molar-refractivity contribution in [3.8, 4) is 0 Å². The molecule has 2 aromatic rings. The van der Waals surface area contributed by atoms with Crippen LogP contribution in [0.4, 0.5) is 0 Å². The molecule has 0 aromatic carbocycles. The van der Waals surface area contributed by atoms with Crippen LogP contribution in [-0.4, -0.2) is 19.8 Å². The third-order valence-corrected chi connectivity index (χ3v) is 2.40. The van der Waals surface area contributed by atoms with Gasteiger partial charge in [0.05, 0.1) is 5.69 Å². The molecule has 0 radical (unpaired) electrons. The molecule has 0 fully saturated rings. The van der Waals surface area contributed by atoms with E-state index in [-0.39, 0.29) is 0 Å². The van der Waals surface area contributed by atoms with E-state index in [1.54, 1.807) is 4.52 Å². The third kappa shape index (κ3) is 1.27. The molecule has 14 heavy (non-hydrogen) atoms. The lowest BCUT2D eigenvalue weighted by atomic mass is 10.2. The van der Waals surface area contributed by atoms with Crippen molar-refractivity contribution in [3.63, 3.8) is 0 Å². The summed E-state index contributed by atoms with van der Waals surface area (Å²) in [5.74, 6) is 0.827. The normalized spacial score (nSPS) is 11.3. The molecule has 2 heterocycles. The van der Waals surface area contributed by atoms with E-state index in [2.05, 4.69) is 28.8 Å². The molecule has 0 unspecified atom stereocenters. The largest absolute Gasteiger partial charge is 0.197 e. The van der Waals surface area contributed by atoms with Crippen molar-refractivity contribution >= 4 is 12.2 Å². The predicted octanol–water partition coefficient (Wildman–Crippen LogP) is 0.905. The zero-order chi connectivity index (χ0) is 10.1. The highest BCUT2D eigenvalue weighted by atomic mass is 15.4. The van der Waals surface area contributed by atoms with E-state index in [4.69, 9.17) is 0 Å². The van der Waals surface area contributed by atoms with Gasteiger partial charge in [-0.25, -0.2) is 0 Å². The SMILES string of the molecule is C=c1c(CCCC)nn2c(C)nnc12. The number of unbranched alkanes of at least 4 members (excludes halogenated alkanes) is 1. The Morgan fingerprint density at radius 1 is 1.36 bits per heavy atom. The fourth-order valence-electron chi connectivity index (χ4n) is 1.52. The quantitative estimate of drug-likeness (QED) is 0.722. The Kier molecular flexibility index (Phi) is 2.19. The van der Waals surface area contributed by atoms with E-state index >= 15 is 0 Å². The minimum absolute atomic E-state index is 0.800. The van der Waals surface area contributed by atoms with Gasteiger partial charge >= 0.3 is 0 Å². The number of aryl methyl sites for hydroxylation is 2. The van der Waals surface area contributed by atoms with Gasteiger partial charge in [0, 0.05) is 5.22 Å². The van der Waals surface area contributed by atoms with Crippen LogP contribution in [0.25, 0.3) is 12.2 Å². The fourth-order valence-corrected chi connectivity index (χ4v) is 1.52. The van der Waals surface area contributed by atoms with Gasteiger partial charge in [-0.05, 0) is 19.8 Å². The molecule has 0 atom stereocenters. The molecule has 4 heteroatoms. The predicted molar refractivity (Wildman–Crippen MR) is 54.9 cm³/mol. The molecule has 0 saturated heterocycles. The van der Waals surface area contributed by atoms with Gasteiger partial charge in [-0.15, -0.1) is 10.2 Å². The summed E-state index contributed by atoms with van der Waals surface area (Å²) in [7, 11) is 0. The number of rotatable bonds is 3. The zero-order valence-electron chi connectivity index (χ0n) is 8.62. The van der Waals surface area contributed by atoms with Gasteiger partial charge in [0.1, 0.15) is 0 Å². The van der Waals surface area contributed by atoms with Gasteiger partial charge in [-0.3, -0.25) is 0 Å². The van der Waals surface area contributed by atoms with Crippen LogP contribution in [0.1, 0.15) is 31.3 Å². The van der Waals surface area contributed by atoms with E-state index in [9.17, 15) is 0 Å². The number of nitrogens with zero attached hydrogens (tertiary/aromatic N) is 4. The van der Waals surface area contributed by atoms with Crippen LogP contribution in [0, 0.1) is 6.92 Å². The Hall–Kier alpha value is -1.45. The summed E-state index contributed by atoms with van der Waals surface area (Å²) in [6.07, 6.45) is 3.30. The van der Waals surface area contributed by atoms with Crippen molar-refractivity contribution in [1.82, 2.24) is 19.8 Å². The average Bonchev–Trinajstić information content (AvgIpc) is 2.67. The van der Waals surface area contributed by atoms with Crippen molar-refractivity contribution in [2.75, 3.05) is 0 Å². The lowest BCUT2D eigenvalue weighted by molar-refractivity contribution is 0.753. The minimum atomic E-state index is 0.800. The van der Waals surface area contributed by atoms with E-state index in [1.807, 2.05) is 6.92 Å². The first-order valence-electron chi connectivity index (χ1n) is 4.93. The molecule has 2 rings (SSSR count). The molecule has 0 spiro atoms. The lowest BCUT2D eigenvalue weighted by Crippen LogP contribution is -2.04. The monoisotopic (exact) mass is 190 g/mol. The fraction of sp³-hybridized carbons (Fsp3) is 0.500. The number of hydrogen-bond acceptors (Lipinski definition) is 3. The van der Waals surface area contributed by atoms with Gasteiger partial charge < -0.3 is 0 Å². The molecule has 0 amide bonds. The maximum absolute atomic E-state index is 4.44. The first-order valence-corrected chi connectivity index (χ1v) is 4.93. The molecule has 0 N–H and O–H groups in total. The van der Waals surface area contributed by atoms with Gasteiger partial charge in [-0.1, -0.05) is 19.9 Å². The molecular weight excluding hydrogens is 176 g/mol. The van der Waals surface area contributed by atoms with Crippen LogP contribution < -0.4 is 5.22 Å². The summed E-state index contributed by atoms with van der Waals surface area (Å²) in [6, 6.07) is 0. The second kappa shape index (κ2) is 3.36. The van der Waals surface area contributed by atoms with Crippen LogP contribution in [-0.2, 0) is 6.42 Å². The van der Waals surface area contributed by atoms with Gasteiger partial charge in [0.15, 0.2) is 11.5 Å². The highest BCUT2D eigenvalue weighted by molar-refractivity contribution is 5.43. The first kappa shape index (κ1) is 9.12. The number of fused-ring (bicyclic) bond motifs is 1. The molecule has 0 aliphatic carbocycles. The first-order chi connectivity index (χ1) is 6.74. The van der Waals surface area contributed by atoms with E-state index < -0.39 is 0 Å². The highest BCUT2D eigenvalue weighted by Crippen LogP contribution is 2.01. The smallest absolute Gasteiger partial charge is 0.186 e. The zero-order valence-corrected chi connectivity index (χ0v) is 8.62. The topological polar surface area (TPSA) is 43.1 Å². The maximum atomic E-state index is 4.44. The molecule has 0 bridgehead atoms. The van der Waals surface area contributed by atoms with E-state index in [0.717, 1.165) is 35.2 Å². The number of aromatic nitrogens is 4. The Morgan fingerprint density at radius 2 is 2.14 bits per heavy atom. The standard InChI is InChI=1S/C10H14N4/c1-4-5-6-9-7(2)10-12-11-8(3)14(10)13-9/h2,4-6H2,1,3H3. The minimum Gasteiger partial charge on any atom is -0.197 e. The van der Waals surface area contributed by atoms with E-state index in [0.29, 0.717) is 0 Å². The Bertz CT molecular complexity index is 486. The molecule has 0 aliphatic heterocycles. The van der Waals surface area contributed by atoms with Crippen molar-refractivity contribution in [3.05, 3.63) is 16.7 Å². The highest BCUT2D eigenvalue weighted by Gasteiger charge is 2.09. The summed E-state index contributed by atoms with van der Waals surface area (Å²) in [5.41, 5.74) is 1.86. The average molecular weight is 190 g/mol. The lowest BCUT2D eigenvalue weighted by Gasteiger charge is -1.91. The van der Waals surface area contributed by atoms with Crippen LogP contribution >= 0.6 is 0 Å². The maximum Gasteiger partial charge on any atom is 0.186 e. The summed E-state index contributed by atoms with van der Waals surface area (Å²) in [6.45, 7) is 8.06. The molecule has 2 aromatic heterocycles. The van der Waals surface area contributed by atoms with Crippen molar-refractivity contribution < 1.29 is 0 Å². The van der Waals surface area contributed by atoms with Crippen LogP contribution in [0.3, 0.4) is 0 Å². The van der Waals surface area contributed by atoms with Gasteiger partial charge in [0.25, 0.3) is 0 Å². The van der Waals surface area contributed by atoms with Crippen molar-refractivity contribution in [2.45, 2.75) is 33.1 Å². The molecule has 74 valence electrons. The van der Waals surface area contributed by atoms with Gasteiger partial charge in [0.2, 0.25) is 0 Å². The Balaban J connectivity index is 2.47.